The number of ether oxygens (including phenoxy) is 2. The second kappa shape index (κ2) is 6.75. The number of amides is 1. The van der Waals surface area contributed by atoms with Crippen LogP contribution < -0.4 is 20.5 Å². The fraction of sp³-hybridized carbons (Fsp3) is 0.417. The van der Waals surface area contributed by atoms with E-state index in [2.05, 4.69) is 5.32 Å². The number of methoxy groups -OCH3 is 1. The summed E-state index contributed by atoms with van der Waals surface area (Å²) in [4.78, 5) is 10.2. The van der Waals surface area contributed by atoms with Crippen molar-refractivity contribution in [3.05, 3.63) is 23.8 Å². The van der Waals surface area contributed by atoms with Crippen LogP contribution in [0.1, 0.15) is 18.5 Å². The minimum absolute atomic E-state index is 0.259. The van der Waals surface area contributed by atoms with Gasteiger partial charge >= 0.3 is 0 Å². The van der Waals surface area contributed by atoms with Crippen LogP contribution in [0.4, 0.5) is 0 Å². The van der Waals surface area contributed by atoms with Gasteiger partial charge in [-0.3, -0.25) is 4.79 Å². The number of hydrogen-bond acceptors (Lipinski definition) is 4. The van der Waals surface area contributed by atoms with Crippen LogP contribution in [0.15, 0.2) is 18.2 Å². The van der Waals surface area contributed by atoms with Crippen molar-refractivity contribution in [2.45, 2.75) is 13.0 Å². The Morgan fingerprint density at radius 3 is 2.82 bits per heavy atom. The minimum atomic E-state index is -0.259. The van der Waals surface area contributed by atoms with Gasteiger partial charge in [-0.1, -0.05) is 6.07 Å². The lowest BCUT2D eigenvalue weighted by atomic mass is 10.1. The van der Waals surface area contributed by atoms with E-state index < -0.39 is 0 Å². The summed E-state index contributed by atoms with van der Waals surface area (Å²) in [6, 6.07) is 5.24. The molecule has 0 bridgehead atoms. The largest absolute Gasteiger partial charge is 0.493 e. The summed E-state index contributed by atoms with van der Waals surface area (Å²) in [5.41, 5.74) is 6.81. The van der Waals surface area contributed by atoms with Gasteiger partial charge in [-0.05, 0) is 24.6 Å². The van der Waals surface area contributed by atoms with Crippen molar-refractivity contribution in [3.63, 3.8) is 0 Å². The molecule has 0 radical (unpaired) electrons. The Morgan fingerprint density at radius 2 is 2.24 bits per heavy atom. The number of carbonyl (C=O) groups is 1. The van der Waals surface area contributed by atoms with E-state index >= 15 is 0 Å². The average Bonchev–Trinajstić information content (AvgIpc) is 2.36. The zero-order chi connectivity index (χ0) is 12.7. The lowest BCUT2D eigenvalue weighted by Crippen LogP contribution is -2.25. The first-order valence-corrected chi connectivity index (χ1v) is 5.46. The molecule has 1 amide bonds. The standard InChI is InChI=1S/C12H18N2O3/c1-3-17-12-6-9(4-5-11(12)16-2)10(13)7-14-8-15/h4-6,8,10H,3,7,13H2,1-2H3,(H,14,15)/t10-/m1/s1. The van der Waals surface area contributed by atoms with E-state index in [0.717, 1.165) is 5.56 Å². The van der Waals surface area contributed by atoms with E-state index in [4.69, 9.17) is 15.2 Å². The molecule has 1 atom stereocenters. The number of rotatable bonds is 7. The Labute approximate surface area is 101 Å². The van der Waals surface area contributed by atoms with Gasteiger partial charge in [0.25, 0.3) is 0 Å². The predicted molar refractivity (Wildman–Crippen MR) is 65.2 cm³/mol. The molecule has 0 saturated carbocycles. The molecule has 1 aromatic carbocycles. The maximum Gasteiger partial charge on any atom is 0.207 e. The molecule has 0 saturated heterocycles. The molecule has 0 aromatic heterocycles. The molecule has 3 N–H and O–H groups in total. The van der Waals surface area contributed by atoms with Gasteiger partial charge in [-0.2, -0.15) is 0 Å². The number of nitrogens with one attached hydrogen (secondary N) is 1. The van der Waals surface area contributed by atoms with Crippen LogP contribution >= 0.6 is 0 Å². The number of nitrogens with two attached hydrogens (primary N) is 1. The van der Waals surface area contributed by atoms with Gasteiger partial charge in [0.1, 0.15) is 0 Å². The molecular weight excluding hydrogens is 220 g/mol. The first-order valence-electron chi connectivity index (χ1n) is 5.46. The van der Waals surface area contributed by atoms with Crippen LogP contribution in [0.25, 0.3) is 0 Å². The number of carbonyl (C=O) groups excluding carboxylic acids is 1. The van der Waals surface area contributed by atoms with Gasteiger partial charge in [0, 0.05) is 12.6 Å². The molecule has 0 aliphatic rings. The third-order valence-corrected chi connectivity index (χ3v) is 2.34. The van der Waals surface area contributed by atoms with Crippen molar-refractivity contribution in [2.24, 2.45) is 5.73 Å². The summed E-state index contributed by atoms with van der Waals surface area (Å²) in [6.45, 7) is 2.85. The van der Waals surface area contributed by atoms with Crippen LogP contribution in [0, 0.1) is 0 Å². The van der Waals surface area contributed by atoms with Gasteiger partial charge in [0.2, 0.25) is 6.41 Å². The average molecular weight is 238 g/mol. The second-order valence-corrected chi connectivity index (χ2v) is 3.48. The van der Waals surface area contributed by atoms with E-state index in [-0.39, 0.29) is 6.04 Å². The van der Waals surface area contributed by atoms with E-state index in [0.29, 0.717) is 31.1 Å². The Morgan fingerprint density at radius 1 is 1.47 bits per heavy atom. The van der Waals surface area contributed by atoms with Gasteiger partial charge in [-0.15, -0.1) is 0 Å². The summed E-state index contributed by atoms with van der Waals surface area (Å²) in [6.07, 6.45) is 0.632. The van der Waals surface area contributed by atoms with E-state index in [1.165, 1.54) is 0 Å². The predicted octanol–water partition coefficient (Wildman–Crippen LogP) is 0.840. The first kappa shape index (κ1) is 13.3. The highest BCUT2D eigenvalue weighted by Crippen LogP contribution is 2.29. The van der Waals surface area contributed by atoms with Gasteiger partial charge in [0.15, 0.2) is 11.5 Å². The van der Waals surface area contributed by atoms with Gasteiger partial charge in [0.05, 0.1) is 13.7 Å². The van der Waals surface area contributed by atoms with Crippen LogP contribution in [0.5, 0.6) is 11.5 Å². The molecule has 94 valence electrons. The number of hydrogen-bond donors (Lipinski definition) is 2. The van der Waals surface area contributed by atoms with Crippen molar-refractivity contribution in [1.29, 1.82) is 0 Å². The molecule has 0 spiro atoms. The molecule has 0 aliphatic heterocycles. The molecule has 0 heterocycles. The summed E-state index contributed by atoms with van der Waals surface area (Å²) >= 11 is 0. The maximum atomic E-state index is 10.2. The van der Waals surface area contributed by atoms with Crippen LogP contribution in [0.3, 0.4) is 0 Å². The minimum Gasteiger partial charge on any atom is -0.493 e. The zero-order valence-corrected chi connectivity index (χ0v) is 10.1. The Kier molecular flexibility index (Phi) is 5.29. The highest BCUT2D eigenvalue weighted by molar-refractivity contribution is 5.47. The molecule has 0 unspecified atom stereocenters. The van der Waals surface area contributed by atoms with E-state index in [1.54, 1.807) is 13.2 Å². The summed E-state index contributed by atoms with van der Waals surface area (Å²) < 4.78 is 10.6. The Balaban J connectivity index is 2.86. The first-order chi connectivity index (χ1) is 8.22. The van der Waals surface area contributed by atoms with E-state index in [1.807, 2.05) is 19.1 Å². The fourth-order valence-electron chi connectivity index (χ4n) is 1.49. The van der Waals surface area contributed by atoms with Crippen molar-refractivity contribution >= 4 is 6.41 Å². The quantitative estimate of drug-likeness (QED) is 0.690. The molecular formula is C12H18N2O3. The lowest BCUT2D eigenvalue weighted by molar-refractivity contribution is -0.109. The highest BCUT2D eigenvalue weighted by Gasteiger charge is 2.10. The SMILES string of the molecule is CCOc1cc([C@H](N)CNC=O)ccc1OC. The molecule has 0 aliphatic carbocycles. The third kappa shape index (κ3) is 3.64. The molecule has 5 heteroatoms. The molecule has 1 aromatic rings. The normalized spacial score (nSPS) is 11.7. The van der Waals surface area contributed by atoms with Crippen molar-refractivity contribution in [3.8, 4) is 11.5 Å². The molecule has 0 fully saturated rings. The Hall–Kier alpha value is -1.75. The van der Waals surface area contributed by atoms with Crippen LogP contribution in [0.2, 0.25) is 0 Å². The molecule has 17 heavy (non-hydrogen) atoms. The van der Waals surface area contributed by atoms with Crippen molar-refractivity contribution in [1.82, 2.24) is 5.32 Å². The molecule has 5 nitrogen and oxygen atoms in total. The topological polar surface area (TPSA) is 73.6 Å². The van der Waals surface area contributed by atoms with E-state index in [9.17, 15) is 4.79 Å². The Bertz CT molecular complexity index is 369. The van der Waals surface area contributed by atoms with Crippen LogP contribution in [-0.4, -0.2) is 26.7 Å². The smallest absolute Gasteiger partial charge is 0.207 e. The van der Waals surface area contributed by atoms with Gasteiger partial charge in [-0.25, -0.2) is 0 Å². The third-order valence-electron chi connectivity index (χ3n) is 2.34. The summed E-state index contributed by atoms with van der Waals surface area (Å²) in [5, 5.41) is 2.55. The van der Waals surface area contributed by atoms with Crippen molar-refractivity contribution < 1.29 is 14.3 Å². The highest BCUT2D eigenvalue weighted by atomic mass is 16.5. The second-order valence-electron chi connectivity index (χ2n) is 3.48. The summed E-state index contributed by atoms with van der Waals surface area (Å²) in [7, 11) is 1.59. The van der Waals surface area contributed by atoms with Crippen molar-refractivity contribution in [2.75, 3.05) is 20.3 Å². The van der Waals surface area contributed by atoms with Gasteiger partial charge < -0.3 is 20.5 Å². The maximum absolute atomic E-state index is 10.2. The molecule has 1 rings (SSSR count). The lowest BCUT2D eigenvalue weighted by Gasteiger charge is -2.15. The monoisotopic (exact) mass is 238 g/mol. The van der Waals surface area contributed by atoms with Crippen LogP contribution in [-0.2, 0) is 4.79 Å². The fourth-order valence-corrected chi connectivity index (χ4v) is 1.49. The summed E-state index contributed by atoms with van der Waals surface area (Å²) in [5.74, 6) is 1.33. The zero-order valence-electron chi connectivity index (χ0n) is 10.1. The number of benzene rings is 1.